The summed E-state index contributed by atoms with van der Waals surface area (Å²) in [5.41, 5.74) is 3.42. The number of amides is 2. The number of anilines is 1. The zero-order valence-electron chi connectivity index (χ0n) is 15.4. The van der Waals surface area contributed by atoms with Gasteiger partial charge in [0.1, 0.15) is 5.60 Å². The first-order valence-corrected chi connectivity index (χ1v) is 8.68. The van der Waals surface area contributed by atoms with Gasteiger partial charge in [-0.3, -0.25) is 9.78 Å². The first kappa shape index (κ1) is 19.2. The van der Waals surface area contributed by atoms with Crippen LogP contribution in [0.25, 0.3) is 0 Å². The molecule has 1 aromatic rings. The van der Waals surface area contributed by atoms with Crippen LogP contribution in [0.1, 0.15) is 46.5 Å². The number of nitrogens with one attached hydrogen (secondary N) is 2. The second kappa shape index (κ2) is 8.29. The molecule has 1 fully saturated rings. The molecule has 1 saturated carbocycles. The lowest BCUT2D eigenvalue weighted by Gasteiger charge is -2.32. The SMILES string of the molecule is CN(NC1CCC(C(=O)Nc2ccncc2)CC1)C(=O)OC(C)(C)C. The van der Waals surface area contributed by atoms with Crippen LogP contribution in [0.4, 0.5) is 10.5 Å². The van der Waals surface area contributed by atoms with Gasteiger partial charge in [0.15, 0.2) is 0 Å². The van der Waals surface area contributed by atoms with Crippen molar-refractivity contribution < 1.29 is 14.3 Å². The standard InChI is InChI=1S/C18H28N4O3/c1-18(2,3)25-17(24)22(4)21-15-7-5-13(6-8-15)16(23)20-14-9-11-19-12-10-14/h9-13,15,21H,5-8H2,1-4H3,(H,19,20,23). The lowest BCUT2D eigenvalue weighted by molar-refractivity contribution is -0.121. The number of carbonyl (C=O) groups excluding carboxylic acids is 2. The largest absolute Gasteiger partial charge is 0.443 e. The topological polar surface area (TPSA) is 83.6 Å². The quantitative estimate of drug-likeness (QED) is 0.817. The third-order valence-electron chi connectivity index (χ3n) is 4.09. The Morgan fingerprint density at radius 3 is 2.32 bits per heavy atom. The number of hydrogen-bond acceptors (Lipinski definition) is 5. The van der Waals surface area contributed by atoms with E-state index in [0.29, 0.717) is 0 Å². The molecule has 0 unspecified atom stereocenters. The average Bonchev–Trinajstić information content (AvgIpc) is 2.54. The van der Waals surface area contributed by atoms with E-state index in [9.17, 15) is 9.59 Å². The van der Waals surface area contributed by atoms with E-state index in [1.54, 1.807) is 31.6 Å². The van der Waals surface area contributed by atoms with Crippen LogP contribution in [0.15, 0.2) is 24.5 Å². The van der Waals surface area contributed by atoms with Crippen LogP contribution in [0.3, 0.4) is 0 Å². The Morgan fingerprint density at radius 1 is 1.16 bits per heavy atom. The third kappa shape index (κ3) is 6.34. The molecule has 25 heavy (non-hydrogen) atoms. The first-order valence-electron chi connectivity index (χ1n) is 8.68. The minimum Gasteiger partial charge on any atom is -0.443 e. The van der Waals surface area contributed by atoms with Gasteiger partial charge in [0, 0.05) is 37.1 Å². The fourth-order valence-corrected chi connectivity index (χ4v) is 2.82. The normalized spacial score (nSPS) is 20.6. The average molecular weight is 348 g/mol. The van der Waals surface area contributed by atoms with Crippen LogP contribution in [-0.2, 0) is 9.53 Å². The maximum atomic E-state index is 12.3. The number of carbonyl (C=O) groups is 2. The van der Waals surface area contributed by atoms with Gasteiger partial charge in [-0.2, -0.15) is 0 Å². The van der Waals surface area contributed by atoms with E-state index < -0.39 is 11.7 Å². The molecular formula is C18H28N4O3. The van der Waals surface area contributed by atoms with Gasteiger partial charge in [0.25, 0.3) is 0 Å². The zero-order valence-corrected chi connectivity index (χ0v) is 15.4. The van der Waals surface area contributed by atoms with E-state index in [2.05, 4.69) is 15.7 Å². The summed E-state index contributed by atoms with van der Waals surface area (Å²) in [7, 11) is 1.66. The van der Waals surface area contributed by atoms with E-state index in [1.165, 1.54) is 5.01 Å². The van der Waals surface area contributed by atoms with Crippen molar-refractivity contribution in [1.29, 1.82) is 0 Å². The smallest absolute Gasteiger partial charge is 0.424 e. The summed E-state index contributed by atoms with van der Waals surface area (Å²) in [5, 5.41) is 4.32. The van der Waals surface area contributed by atoms with Gasteiger partial charge in [-0.1, -0.05) is 0 Å². The van der Waals surface area contributed by atoms with Crippen LogP contribution in [-0.4, -0.2) is 40.7 Å². The second-order valence-corrected chi connectivity index (χ2v) is 7.44. The molecule has 0 aliphatic heterocycles. The van der Waals surface area contributed by atoms with Crippen LogP contribution in [0, 0.1) is 5.92 Å². The number of nitrogens with zero attached hydrogens (tertiary/aromatic N) is 2. The predicted molar refractivity (Wildman–Crippen MR) is 95.7 cm³/mol. The summed E-state index contributed by atoms with van der Waals surface area (Å²) in [4.78, 5) is 28.2. The highest BCUT2D eigenvalue weighted by atomic mass is 16.6. The molecule has 1 aliphatic rings. The van der Waals surface area contributed by atoms with Crippen molar-refractivity contribution in [2.75, 3.05) is 12.4 Å². The summed E-state index contributed by atoms with van der Waals surface area (Å²) in [6.45, 7) is 5.52. The van der Waals surface area contributed by atoms with Crippen LogP contribution < -0.4 is 10.7 Å². The highest BCUT2D eigenvalue weighted by molar-refractivity contribution is 5.92. The highest BCUT2D eigenvalue weighted by Crippen LogP contribution is 2.26. The second-order valence-electron chi connectivity index (χ2n) is 7.44. The molecule has 2 amide bonds. The number of aromatic nitrogens is 1. The van der Waals surface area contributed by atoms with Crippen molar-refractivity contribution in [2.45, 2.75) is 58.1 Å². The molecule has 7 nitrogen and oxygen atoms in total. The Morgan fingerprint density at radius 2 is 1.76 bits per heavy atom. The van der Waals surface area contributed by atoms with Crippen LogP contribution in [0.2, 0.25) is 0 Å². The zero-order chi connectivity index (χ0) is 18.4. The lowest BCUT2D eigenvalue weighted by atomic mass is 9.85. The predicted octanol–water partition coefficient (Wildman–Crippen LogP) is 2.95. The monoisotopic (exact) mass is 348 g/mol. The van der Waals surface area contributed by atoms with Crippen molar-refractivity contribution in [3.8, 4) is 0 Å². The Hall–Kier alpha value is -2.15. The van der Waals surface area contributed by atoms with Crippen molar-refractivity contribution in [2.24, 2.45) is 5.92 Å². The molecule has 0 bridgehead atoms. The number of hydrogen-bond donors (Lipinski definition) is 2. The summed E-state index contributed by atoms with van der Waals surface area (Å²) in [6, 6.07) is 3.73. The van der Waals surface area contributed by atoms with E-state index in [0.717, 1.165) is 31.4 Å². The van der Waals surface area contributed by atoms with E-state index in [1.807, 2.05) is 20.8 Å². The van der Waals surface area contributed by atoms with E-state index in [4.69, 9.17) is 4.74 Å². The summed E-state index contributed by atoms with van der Waals surface area (Å²) >= 11 is 0. The highest BCUT2D eigenvalue weighted by Gasteiger charge is 2.28. The van der Waals surface area contributed by atoms with E-state index >= 15 is 0 Å². The van der Waals surface area contributed by atoms with Crippen molar-refractivity contribution >= 4 is 17.7 Å². The summed E-state index contributed by atoms with van der Waals surface area (Å²) < 4.78 is 5.32. The molecule has 0 aromatic carbocycles. The number of hydrazine groups is 1. The molecule has 1 aliphatic carbocycles. The molecule has 1 heterocycles. The van der Waals surface area contributed by atoms with Crippen molar-refractivity contribution in [3.05, 3.63) is 24.5 Å². The van der Waals surface area contributed by atoms with Gasteiger partial charge in [-0.05, 0) is 58.6 Å². The fraction of sp³-hybridized carbons (Fsp3) is 0.611. The number of rotatable bonds is 4. The molecule has 0 radical (unpaired) electrons. The molecule has 7 heteroatoms. The summed E-state index contributed by atoms with van der Waals surface area (Å²) in [5.74, 6) is 0.0446. The lowest BCUT2D eigenvalue weighted by Crippen LogP contribution is -2.49. The maximum absolute atomic E-state index is 12.3. The maximum Gasteiger partial charge on any atom is 0.424 e. The van der Waals surface area contributed by atoms with Crippen molar-refractivity contribution in [1.82, 2.24) is 15.4 Å². The summed E-state index contributed by atoms with van der Waals surface area (Å²) in [6.07, 6.45) is 6.16. The molecule has 0 saturated heterocycles. The Kier molecular flexibility index (Phi) is 6.36. The molecule has 0 atom stereocenters. The molecule has 2 rings (SSSR count). The Labute approximate surface area is 149 Å². The number of ether oxygens (including phenoxy) is 1. The number of pyridine rings is 1. The first-order chi connectivity index (χ1) is 11.7. The molecule has 0 spiro atoms. The van der Waals surface area contributed by atoms with Gasteiger partial charge in [-0.25, -0.2) is 15.2 Å². The van der Waals surface area contributed by atoms with Gasteiger partial charge in [0.05, 0.1) is 0 Å². The van der Waals surface area contributed by atoms with Crippen LogP contribution >= 0.6 is 0 Å². The van der Waals surface area contributed by atoms with Gasteiger partial charge >= 0.3 is 6.09 Å². The minimum absolute atomic E-state index is 0.00181. The minimum atomic E-state index is -0.518. The third-order valence-corrected chi connectivity index (χ3v) is 4.09. The molecule has 138 valence electrons. The van der Waals surface area contributed by atoms with Gasteiger partial charge in [0.2, 0.25) is 5.91 Å². The van der Waals surface area contributed by atoms with Crippen molar-refractivity contribution in [3.63, 3.8) is 0 Å². The molecular weight excluding hydrogens is 320 g/mol. The van der Waals surface area contributed by atoms with Crippen LogP contribution in [0.5, 0.6) is 0 Å². The fourth-order valence-electron chi connectivity index (χ4n) is 2.82. The molecule has 2 N–H and O–H groups in total. The van der Waals surface area contributed by atoms with Gasteiger partial charge < -0.3 is 10.1 Å². The Bertz CT molecular complexity index is 578. The molecule has 1 aromatic heterocycles. The Balaban J connectivity index is 1.75. The van der Waals surface area contributed by atoms with E-state index in [-0.39, 0.29) is 17.9 Å². The van der Waals surface area contributed by atoms with Gasteiger partial charge in [-0.15, -0.1) is 0 Å².